The lowest BCUT2D eigenvalue weighted by Gasteiger charge is -2.17. The van der Waals surface area contributed by atoms with Gasteiger partial charge in [0, 0.05) is 19.2 Å². The average Bonchev–Trinajstić information content (AvgIpc) is 3.10. The summed E-state index contributed by atoms with van der Waals surface area (Å²) in [5.41, 5.74) is 2.08. The van der Waals surface area contributed by atoms with Crippen LogP contribution in [0.3, 0.4) is 0 Å². The number of hydrogen-bond acceptors (Lipinski definition) is 8. The topological polar surface area (TPSA) is 137 Å². The highest BCUT2D eigenvalue weighted by Crippen LogP contribution is 2.22. The zero-order chi connectivity index (χ0) is 21.5. The van der Waals surface area contributed by atoms with E-state index in [4.69, 9.17) is 16.4 Å². The van der Waals surface area contributed by atoms with Gasteiger partial charge >= 0.3 is 6.01 Å². The van der Waals surface area contributed by atoms with Gasteiger partial charge in [-0.25, -0.2) is 15.4 Å². The molecule has 0 aliphatic rings. The number of para-hydroxylation sites is 2. The summed E-state index contributed by atoms with van der Waals surface area (Å²) in [5, 5.41) is 7.84. The van der Waals surface area contributed by atoms with Gasteiger partial charge < -0.3 is 15.9 Å². The number of imidazole rings is 1. The maximum Gasteiger partial charge on any atom is 0.304 e. The van der Waals surface area contributed by atoms with E-state index in [2.05, 4.69) is 20.4 Å². The highest BCUT2D eigenvalue weighted by Gasteiger charge is 2.18. The Morgan fingerprint density at radius 1 is 1.27 bits per heavy atom. The number of nitrogens with one attached hydrogen (secondary N) is 1. The number of hydrazine groups is 1. The second-order valence-corrected chi connectivity index (χ2v) is 7.34. The van der Waals surface area contributed by atoms with Gasteiger partial charge in [0.05, 0.1) is 16.7 Å². The van der Waals surface area contributed by atoms with Gasteiger partial charge in [0.25, 0.3) is 0 Å². The summed E-state index contributed by atoms with van der Waals surface area (Å²) in [6.45, 7) is 0.129. The van der Waals surface area contributed by atoms with Gasteiger partial charge in [-0.2, -0.15) is 16.7 Å². The van der Waals surface area contributed by atoms with Crippen LogP contribution in [0.15, 0.2) is 47.6 Å². The van der Waals surface area contributed by atoms with Gasteiger partial charge in [0.15, 0.2) is 0 Å². The number of thioether (sulfide) groups is 1. The number of hydrogen-bond donors (Lipinski definition) is 3. The predicted molar refractivity (Wildman–Crippen MR) is 119 cm³/mol. The van der Waals surface area contributed by atoms with Crippen molar-refractivity contribution in [3.63, 3.8) is 0 Å². The van der Waals surface area contributed by atoms with Crippen molar-refractivity contribution in [1.82, 2.24) is 19.5 Å². The Kier molecular flexibility index (Phi) is 7.09. The predicted octanol–water partition coefficient (Wildman–Crippen LogP) is 1.59. The van der Waals surface area contributed by atoms with Crippen molar-refractivity contribution in [2.75, 3.05) is 24.4 Å². The molecule has 2 heterocycles. The molecule has 0 bridgehead atoms. The molecule has 30 heavy (non-hydrogen) atoms. The number of carbonyl (C=O) groups is 1. The second-order valence-electron chi connectivity index (χ2n) is 6.35. The van der Waals surface area contributed by atoms with Gasteiger partial charge in [-0.05, 0) is 30.5 Å². The fourth-order valence-corrected chi connectivity index (χ4v) is 3.16. The summed E-state index contributed by atoms with van der Waals surface area (Å²) in [7, 11) is 1.62. The highest BCUT2D eigenvalue weighted by molar-refractivity contribution is 7.98. The van der Waals surface area contributed by atoms with Crippen LogP contribution >= 0.6 is 11.8 Å². The minimum atomic E-state index is -0.0773. The first kappa shape index (κ1) is 21.4. The van der Waals surface area contributed by atoms with Crippen molar-refractivity contribution in [3.05, 3.63) is 48.2 Å². The van der Waals surface area contributed by atoms with Crippen molar-refractivity contribution < 1.29 is 9.53 Å². The molecule has 5 N–H and O–H groups in total. The first-order chi connectivity index (χ1) is 14.5. The van der Waals surface area contributed by atoms with Crippen LogP contribution in [0.1, 0.15) is 12.1 Å². The number of amides is 1. The standard InChI is InChI=1S/C19H24N8O2S/c1-26(21)18(25-20)27-15-8-4-3-7-14(15)23-19(27)29-12-13-6-5-9-16(22-13)24-17(28)10-11-30-2/h3-9H,10-12,20-21H2,1-2H3,(H,22,24,28)/b25-18+. The van der Waals surface area contributed by atoms with E-state index in [0.29, 0.717) is 23.4 Å². The van der Waals surface area contributed by atoms with Crippen molar-refractivity contribution in [2.24, 2.45) is 16.8 Å². The molecule has 0 spiro atoms. The monoisotopic (exact) mass is 428 g/mol. The molecule has 0 saturated heterocycles. The Morgan fingerprint density at radius 3 is 2.80 bits per heavy atom. The summed E-state index contributed by atoms with van der Waals surface area (Å²) in [4.78, 5) is 20.9. The normalized spacial score (nSPS) is 11.5. The quantitative estimate of drug-likeness (QED) is 0.223. The molecule has 0 saturated carbocycles. The largest absolute Gasteiger partial charge is 0.458 e. The number of benzene rings is 1. The SMILES string of the molecule is CSCCC(=O)Nc1cccc(COc2nc3ccccc3n2/C(=N/N)N(C)N)n1. The molecule has 11 heteroatoms. The number of aromatic nitrogens is 3. The number of rotatable bonds is 7. The molecular weight excluding hydrogens is 404 g/mol. The maximum absolute atomic E-state index is 11.9. The fraction of sp³-hybridized carbons (Fsp3) is 0.263. The van der Waals surface area contributed by atoms with Crippen molar-refractivity contribution in [1.29, 1.82) is 0 Å². The van der Waals surface area contributed by atoms with E-state index in [1.165, 1.54) is 5.01 Å². The second kappa shape index (κ2) is 9.94. The van der Waals surface area contributed by atoms with Crippen LogP contribution in [-0.2, 0) is 11.4 Å². The number of ether oxygens (including phenoxy) is 1. The van der Waals surface area contributed by atoms with Crippen LogP contribution in [0.2, 0.25) is 0 Å². The van der Waals surface area contributed by atoms with E-state index in [1.807, 2.05) is 30.5 Å². The van der Waals surface area contributed by atoms with Crippen molar-refractivity contribution in [3.8, 4) is 6.01 Å². The minimum Gasteiger partial charge on any atom is -0.458 e. The fourth-order valence-electron chi connectivity index (χ4n) is 2.77. The summed E-state index contributed by atoms with van der Waals surface area (Å²) in [6, 6.07) is 13.1. The molecule has 158 valence electrons. The molecule has 3 rings (SSSR count). The first-order valence-electron chi connectivity index (χ1n) is 9.15. The third kappa shape index (κ3) is 4.99. The lowest BCUT2D eigenvalue weighted by molar-refractivity contribution is -0.115. The van der Waals surface area contributed by atoms with E-state index < -0.39 is 0 Å². The van der Waals surface area contributed by atoms with Crippen LogP contribution in [0.5, 0.6) is 6.01 Å². The molecule has 0 aliphatic carbocycles. The molecule has 0 unspecified atom stereocenters. The van der Waals surface area contributed by atoms with Crippen LogP contribution in [-0.4, -0.2) is 50.5 Å². The number of hydrazone groups is 1. The maximum atomic E-state index is 11.9. The first-order valence-corrected chi connectivity index (χ1v) is 10.5. The van der Waals surface area contributed by atoms with Crippen molar-refractivity contribution >= 4 is 40.5 Å². The smallest absolute Gasteiger partial charge is 0.304 e. The van der Waals surface area contributed by atoms with Gasteiger partial charge in [-0.3, -0.25) is 9.80 Å². The molecule has 0 aliphatic heterocycles. The summed E-state index contributed by atoms with van der Waals surface area (Å²) < 4.78 is 7.55. The van der Waals surface area contributed by atoms with Gasteiger partial charge in [0.2, 0.25) is 11.9 Å². The molecular formula is C19H24N8O2S. The number of nitrogens with zero attached hydrogens (tertiary/aromatic N) is 5. The highest BCUT2D eigenvalue weighted by atomic mass is 32.2. The third-order valence-electron chi connectivity index (χ3n) is 4.12. The van der Waals surface area contributed by atoms with Crippen LogP contribution in [0.4, 0.5) is 5.82 Å². The molecule has 0 fully saturated rings. The van der Waals surface area contributed by atoms with Crippen LogP contribution < -0.4 is 21.7 Å². The molecule has 1 amide bonds. The number of fused-ring (bicyclic) bond motifs is 1. The Bertz CT molecular complexity index is 1050. The molecule has 0 atom stereocenters. The van der Waals surface area contributed by atoms with Gasteiger partial charge in [0.1, 0.15) is 12.4 Å². The van der Waals surface area contributed by atoms with Crippen LogP contribution in [0, 0.1) is 0 Å². The average molecular weight is 429 g/mol. The van der Waals surface area contributed by atoms with E-state index in [0.717, 1.165) is 11.3 Å². The Labute approximate surface area is 178 Å². The van der Waals surface area contributed by atoms with E-state index in [-0.39, 0.29) is 24.5 Å². The summed E-state index contributed by atoms with van der Waals surface area (Å²) >= 11 is 1.62. The Balaban J connectivity index is 1.81. The number of pyridine rings is 1. The van der Waals surface area contributed by atoms with Gasteiger partial charge in [-0.15, -0.1) is 5.10 Å². The number of anilines is 1. The van der Waals surface area contributed by atoms with Crippen molar-refractivity contribution in [2.45, 2.75) is 13.0 Å². The van der Waals surface area contributed by atoms with E-state index in [9.17, 15) is 4.79 Å². The lowest BCUT2D eigenvalue weighted by Crippen LogP contribution is -2.39. The lowest BCUT2D eigenvalue weighted by atomic mass is 10.3. The summed E-state index contributed by atoms with van der Waals surface area (Å²) in [5.74, 6) is 12.8. The molecule has 1 aromatic carbocycles. The molecule has 3 aromatic rings. The zero-order valence-electron chi connectivity index (χ0n) is 16.8. The Hall–Kier alpha value is -3.31. The summed E-state index contributed by atoms with van der Waals surface area (Å²) in [6.07, 6.45) is 2.39. The minimum absolute atomic E-state index is 0.0773. The van der Waals surface area contributed by atoms with E-state index in [1.54, 1.807) is 41.6 Å². The molecule has 2 aromatic heterocycles. The molecule has 10 nitrogen and oxygen atoms in total. The van der Waals surface area contributed by atoms with Crippen LogP contribution in [0.25, 0.3) is 11.0 Å². The van der Waals surface area contributed by atoms with Gasteiger partial charge in [-0.1, -0.05) is 18.2 Å². The van der Waals surface area contributed by atoms with E-state index >= 15 is 0 Å². The Morgan fingerprint density at radius 2 is 2.07 bits per heavy atom. The third-order valence-corrected chi connectivity index (χ3v) is 4.73. The molecule has 0 radical (unpaired) electrons. The number of carbonyl (C=O) groups excluding carboxylic acids is 1. The number of nitrogens with two attached hydrogens (primary N) is 2. The zero-order valence-corrected chi connectivity index (χ0v) is 17.6.